The van der Waals surface area contributed by atoms with Crippen LogP contribution < -0.4 is 15.1 Å². The highest BCUT2D eigenvalue weighted by Gasteiger charge is 2.26. The predicted molar refractivity (Wildman–Crippen MR) is 68.0 cm³/mol. The van der Waals surface area contributed by atoms with Gasteiger partial charge in [0.25, 0.3) is 7.52 Å². The summed E-state index contributed by atoms with van der Waals surface area (Å²) in [4.78, 5) is 0. The van der Waals surface area contributed by atoms with Gasteiger partial charge in [-0.25, -0.2) is 5.09 Å². The van der Waals surface area contributed by atoms with Gasteiger partial charge in [-0.15, -0.1) is 0 Å². The van der Waals surface area contributed by atoms with Crippen LogP contribution in [0.3, 0.4) is 0 Å². The number of benzene rings is 1. The zero-order valence-electron chi connectivity index (χ0n) is 10.0. The predicted octanol–water partition coefficient (Wildman–Crippen LogP) is 2.30. The standard InChI is InChI=1S/C12H18NO3P/c1-15-11-5-7-12(8-6-11)17(14)13-9-3-2-4-10-16-17/h5-8H,2-4,9-10H2,1H3,(H,13,14). The van der Waals surface area contributed by atoms with Gasteiger partial charge in [0.15, 0.2) is 0 Å². The van der Waals surface area contributed by atoms with Crippen LogP contribution in [0.5, 0.6) is 5.75 Å². The van der Waals surface area contributed by atoms with E-state index in [4.69, 9.17) is 9.26 Å². The molecule has 0 bridgehead atoms. The van der Waals surface area contributed by atoms with E-state index in [0.717, 1.165) is 31.6 Å². The molecule has 1 atom stereocenters. The van der Waals surface area contributed by atoms with Crippen LogP contribution in [-0.2, 0) is 9.09 Å². The monoisotopic (exact) mass is 255 g/mol. The van der Waals surface area contributed by atoms with Crippen molar-refractivity contribution in [3.63, 3.8) is 0 Å². The SMILES string of the molecule is COc1ccc(P2(=O)NCCCCCO2)cc1. The summed E-state index contributed by atoms with van der Waals surface area (Å²) in [6.07, 6.45) is 3.14. The molecular formula is C12H18NO3P. The molecule has 0 spiro atoms. The lowest BCUT2D eigenvalue weighted by Crippen LogP contribution is -2.24. The number of methoxy groups -OCH3 is 1. The second-order valence-electron chi connectivity index (χ2n) is 4.05. The summed E-state index contributed by atoms with van der Waals surface area (Å²) >= 11 is 0. The van der Waals surface area contributed by atoms with Crippen LogP contribution in [0.15, 0.2) is 24.3 Å². The molecule has 5 heteroatoms. The van der Waals surface area contributed by atoms with Gasteiger partial charge in [0, 0.05) is 6.54 Å². The van der Waals surface area contributed by atoms with E-state index in [1.165, 1.54) is 0 Å². The normalized spacial score (nSPS) is 25.9. The van der Waals surface area contributed by atoms with Gasteiger partial charge in [-0.2, -0.15) is 0 Å². The molecule has 17 heavy (non-hydrogen) atoms. The van der Waals surface area contributed by atoms with E-state index >= 15 is 0 Å². The summed E-state index contributed by atoms with van der Waals surface area (Å²) in [6, 6.07) is 7.21. The fourth-order valence-electron chi connectivity index (χ4n) is 1.81. The van der Waals surface area contributed by atoms with Crippen LogP contribution in [0.25, 0.3) is 0 Å². The van der Waals surface area contributed by atoms with Crippen molar-refractivity contribution < 1.29 is 13.8 Å². The molecule has 94 valence electrons. The molecule has 0 aliphatic carbocycles. The second-order valence-corrected chi connectivity index (χ2v) is 6.25. The van der Waals surface area contributed by atoms with Crippen LogP contribution in [0.1, 0.15) is 19.3 Å². The minimum absolute atomic E-state index is 0.552. The molecule has 1 fully saturated rings. The summed E-state index contributed by atoms with van der Waals surface area (Å²) in [7, 11) is -1.26. The van der Waals surface area contributed by atoms with Crippen molar-refractivity contribution >= 4 is 12.8 Å². The van der Waals surface area contributed by atoms with E-state index in [9.17, 15) is 4.57 Å². The Kier molecular flexibility index (Phi) is 4.21. The Morgan fingerprint density at radius 1 is 1.24 bits per heavy atom. The topological polar surface area (TPSA) is 47.6 Å². The Morgan fingerprint density at radius 2 is 2.00 bits per heavy atom. The van der Waals surface area contributed by atoms with Crippen molar-refractivity contribution in [1.29, 1.82) is 0 Å². The lowest BCUT2D eigenvalue weighted by molar-refractivity contribution is 0.293. The van der Waals surface area contributed by atoms with Crippen LogP contribution in [0.4, 0.5) is 0 Å². The van der Waals surface area contributed by atoms with Crippen molar-refractivity contribution in [3.05, 3.63) is 24.3 Å². The molecule has 1 aliphatic rings. The Balaban J connectivity index is 2.19. The molecule has 0 radical (unpaired) electrons. The average Bonchev–Trinajstić information content (AvgIpc) is 2.34. The molecule has 0 amide bonds. The number of hydrogen-bond donors (Lipinski definition) is 1. The fraction of sp³-hybridized carbons (Fsp3) is 0.500. The largest absolute Gasteiger partial charge is 0.497 e. The lowest BCUT2D eigenvalue weighted by atomic mass is 10.2. The van der Waals surface area contributed by atoms with Crippen molar-refractivity contribution in [3.8, 4) is 5.75 Å². The Morgan fingerprint density at radius 3 is 2.71 bits per heavy atom. The summed E-state index contributed by atoms with van der Waals surface area (Å²) < 4.78 is 23.2. The number of nitrogens with one attached hydrogen (secondary N) is 1. The van der Waals surface area contributed by atoms with E-state index in [-0.39, 0.29) is 0 Å². The minimum Gasteiger partial charge on any atom is -0.497 e. The molecule has 1 unspecified atom stereocenters. The highest BCUT2D eigenvalue weighted by atomic mass is 31.2. The lowest BCUT2D eigenvalue weighted by Gasteiger charge is -2.22. The minimum atomic E-state index is -2.87. The summed E-state index contributed by atoms with van der Waals surface area (Å²) in [6.45, 7) is 1.29. The first-order valence-electron chi connectivity index (χ1n) is 5.89. The molecule has 1 aromatic carbocycles. The molecule has 1 N–H and O–H groups in total. The highest BCUT2D eigenvalue weighted by molar-refractivity contribution is 7.65. The molecular weight excluding hydrogens is 237 g/mol. The van der Waals surface area contributed by atoms with Gasteiger partial charge in [-0.05, 0) is 43.5 Å². The van der Waals surface area contributed by atoms with Gasteiger partial charge < -0.3 is 9.26 Å². The van der Waals surface area contributed by atoms with Gasteiger partial charge in [0.05, 0.1) is 19.0 Å². The number of ether oxygens (including phenoxy) is 1. The zero-order valence-corrected chi connectivity index (χ0v) is 10.9. The molecule has 0 aromatic heterocycles. The average molecular weight is 255 g/mol. The molecule has 4 nitrogen and oxygen atoms in total. The Labute approximate surface area is 102 Å². The smallest absolute Gasteiger partial charge is 0.299 e. The third-order valence-electron chi connectivity index (χ3n) is 2.83. The highest BCUT2D eigenvalue weighted by Crippen LogP contribution is 2.42. The van der Waals surface area contributed by atoms with Crippen molar-refractivity contribution in [2.45, 2.75) is 19.3 Å². The van der Waals surface area contributed by atoms with Crippen molar-refractivity contribution in [1.82, 2.24) is 5.09 Å². The van der Waals surface area contributed by atoms with E-state index in [1.807, 2.05) is 0 Å². The van der Waals surface area contributed by atoms with Crippen LogP contribution >= 0.6 is 7.52 Å². The van der Waals surface area contributed by atoms with Gasteiger partial charge in [0.1, 0.15) is 5.75 Å². The molecule has 1 saturated heterocycles. The maximum absolute atomic E-state index is 12.6. The third kappa shape index (κ3) is 3.09. The maximum Gasteiger partial charge on any atom is 0.299 e. The third-order valence-corrected chi connectivity index (χ3v) is 4.99. The quantitative estimate of drug-likeness (QED) is 0.824. The molecule has 2 rings (SSSR count). The van der Waals surface area contributed by atoms with Crippen LogP contribution in [-0.4, -0.2) is 20.3 Å². The maximum atomic E-state index is 12.6. The Bertz CT molecular complexity index is 393. The number of rotatable bonds is 2. The van der Waals surface area contributed by atoms with E-state index in [2.05, 4.69) is 5.09 Å². The van der Waals surface area contributed by atoms with Gasteiger partial charge in [-0.3, -0.25) is 4.57 Å². The van der Waals surface area contributed by atoms with E-state index in [0.29, 0.717) is 11.9 Å². The first kappa shape index (κ1) is 12.6. The first-order valence-corrected chi connectivity index (χ1v) is 7.51. The van der Waals surface area contributed by atoms with Crippen molar-refractivity contribution in [2.75, 3.05) is 20.3 Å². The van der Waals surface area contributed by atoms with Crippen LogP contribution in [0, 0.1) is 0 Å². The van der Waals surface area contributed by atoms with Crippen LogP contribution in [0.2, 0.25) is 0 Å². The summed E-state index contributed by atoms with van der Waals surface area (Å²) in [5, 5.41) is 3.75. The Hall–Kier alpha value is -0.830. The first-order chi connectivity index (χ1) is 8.24. The van der Waals surface area contributed by atoms with E-state index in [1.54, 1.807) is 31.4 Å². The summed E-state index contributed by atoms with van der Waals surface area (Å²) in [5.74, 6) is 0.757. The number of hydrogen-bond acceptors (Lipinski definition) is 3. The summed E-state index contributed by atoms with van der Waals surface area (Å²) in [5.41, 5.74) is 0. The molecule has 1 aliphatic heterocycles. The van der Waals surface area contributed by atoms with E-state index < -0.39 is 7.52 Å². The molecule has 0 saturated carbocycles. The fourth-order valence-corrected chi connectivity index (χ4v) is 3.62. The van der Waals surface area contributed by atoms with Crippen molar-refractivity contribution in [2.24, 2.45) is 0 Å². The molecule has 1 heterocycles. The molecule has 1 aromatic rings. The zero-order chi connectivity index (χ0) is 12.1. The second kappa shape index (κ2) is 5.67. The van der Waals surface area contributed by atoms with Gasteiger partial charge in [0.2, 0.25) is 0 Å². The van der Waals surface area contributed by atoms with Gasteiger partial charge >= 0.3 is 0 Å². The van der Waals surface area contributed by atoms with Gasteiger partial charge in [-0.1, -0.05) is 0 Å².